The standard InChI is InChI=1S/C19H30N2O/c1-16-4-6-17(7-5-16)21-12-10-20(11-13-21)9-8-18-14-19(2,3)15-22-18/h4-7,18H,8-15H2,1-3H3. The van der Waals surface area contributed by atoms with Gasteiger partial charge in [-0.3, -0.25) is 4.90 Å². The van der Waals surface area contributed by atoms with Crippen LogP contribution < -0.4 is 4.90 Å². The first-order valence-electron chi connectivity index (χ1n) is 8.67. The highest BCUT2D eigenvalue weighted by molar-refractivity contribution is 5.47. The van der Waals surface area contributed by atoms with E-state index in [0.717, 1.165) is 19.7 Å². The first-order chi connectivity index (χ1) is 10.5. The predicted molar refractivity (Wildman–Crippen MR) is 92.6 cm³/mol. The van der Waals surface area contributed by atoms with Gasteiger partial charge in [-0.1, -0.05) is 31.5 Å². The normalized spacial score (nSPS) is 25.6. The van der Waals surface area contributed by atoms with E-state index < -0.39 is 0 Å². The first-order valence-corrected chi connectivity index (χ1v) is 8.67. The van der Waals surface area contributed by atoms with E-state index in [9.17, 15) is 0 Å². The molecule has 122 valence electrons. The van der Waals surface area contributed by atoms with Crippen LogP contribution in [0.3, 0.4) is 0 Å². The van der Waals surface area contributed by atoms with Gasteiger partial charge in [-0.15, -0.1) is 0 Å². The van der Waals surface area contributed by atoms with Crippen LogP contribution in [0.1, 0.15) is 32.3 Å². The summed E-state index contributed by atoms with van der Waals surface area (Å²) in [6.07, 6.45) is 2.88. The van der Waals surface area contributed by atoms with E-state index in [1.807, 2.05) is 0 Å². The van der Waals surface area contributed by atoms with E-state index in [4.69, 9.17) is 4.74 Å². The van der Waals surface area contributed by atoms with Crippen LogP contribution in [0.15, 0.2) is 24.3 Å². The van der Waals surface area contributed by atoms with Crippen molar-refractivity contribution in [3.63, 3.8) is 0 Å². The quantitative estimate of drug-likeness (QED) is 0.848. The monoisotopic (exact) mass is 302 g/mol. The number of benzene rings is 1. The molecule has 0 N–H and O–H groups in total. The molecule has 0 aliphatic carbocycles. The number of ether oxygens (including phenoxy) is 1. The van der Waals surface area contributed by atoms with E-state index in [1.54, 1.807) is 0 Å². The lowest BCUT2D eigenvalue weighted by molar-refractivity contribution is 0.0832. The van der Waals surface area contributed by atoms with Crippen LogP contribution in [0.25, 0.3) is 0 Å². The summed E-state index contributed by atoms with van der Waals surface area (Å²) in [5.74, 6) is 0. The zero-order valence-electron chi connectivity index (χ0n) is 14.3. The molecule has 0 spiro atoms. The van der Waals surface area contributed by atoms with Crippen molar-refractivity contribution in [1.82, 2.24) is 4.90 Å². The summed E-state index contributed by atoms with van der Waals surface area (Å²) in [5, 5.41) is 0. The summed E-state index contributed by atoms with van der Waals surface area (Å²) in [6, 6.07) is 8.92. The molecule has 2 heterocycles. The van der Waals surface area contributed by atoms with Gasteiger partial charge in [0.2, 0.25) is 0 Å². The number of piperazine rings is 1. The van der Waals surface area contributed by atoms with Crippen molar-refractivity contribution in [1.29, 1.82) is 0 Å². The van der Waals surface area contributed by atoms with Crippen molar-refractivity contribution in [2.45, 2.75) is 39.7 Å². The van der Waals surface area contributed by atoms with E-state index in [-0.39, 0.29) is 0 Å². The summed E-state index contributed by atoms with van der Waals surface area (Å²) in [4.78, 5) is 5.10. The molecule has 2 saturated heterocycles. The van der Waals surface area contributed by atoms with Gasteiger partial charge < -0.3 is 9.64 Å². The molecule has 2 aliphatic heterocycles. The Kier molecular flexibility index (Phi) is 4.74. The van der Waals surface area contributed by atoms with Crippen LogP contribution >= 0.6 is 0 Å². The number of aryl methyl sites for hydroxylation is 1. The Morgan fingerprint density at radius 3 is 2.36 bits per heavy atom. The summed E-state index contributed by atoms with van der Waals surface area (Å²) in [6.45, 7) is 13.5. The number of hydrogen-bond donors (Lipinski definition) is 0. The second kappa shape index (κ2) is 6.59. The summed E-state index contributed by atoms with van der Waals surface area (Å²) in [7, 11) is 0. The van der Waals surface area contributed by atoms with Crippen molar-refractivity contribution < 1.29 is 4.74 Å². The lowest BCUT2D eigenvalue weighted by Crippen LogP contribution is -2.47. The fraction of sp³-hybridized carbons (Fsp3) is 0.684. The molecule has 0 bridgehead atoms. The van der Waals surface area contributed by atoms with Crippen LogP contribution in [0.5, 0.6) is 0 Å². The molecule has 2 aliphatic rings. The fourth-order valence-electron chi connectivity index (χ4n) is 3.57. The van der Waals surface area contributed by atoms with Gasteiger partial charge in [-0.25, -0.2) is 0 Å². The van der Waals surface area contributed by atoms with Gasteiger partial charge in [0.1, 0.15) is 0 Å². The topological polar surface area (TPSA) is 15.7 Å². The van der Waals surface area contributed by atoms with Gasteiger partial charge in [-0.05, 0) is 37.3 Å². The largest absolute Gasteiger partial charge is 0.378 e. The molecule has 3 heteroatoms. The van der Waals surface area contributed by atoms with Crippen molar-refractivity contribution >= 4 is 5.69 Å². The van der Waals surface area contributed by atoms with Gasteiger partial charge in [0.15, 0.2) is 0 Å². The average molecular weight is 302 g/mol. The maximum absolute atomic E-state index is 5.92. The summed E-state index contributed by atoms with van der Waals surface area (Å²) < 4.78 is 5.92. The third-order valence-corrected chi connectivity index (χ3v) is 5.03. The molecule has 0 radical (unpaired) electrons. The Bertz CT molecular complexity index is 475. The minimum absolute atomic E-state index is 0.384. The SMILES string of the molecule is Cc1ccc(N2CCN(CCC3CC(C)(C)CO3)CC2)cc1. The van der Waals surface area contributed by atoms with Gasteiger partial charge >= 0.3 is 0 Å². The van der Waals surface area contributed by atoms with E-state index in [2.05, 4.69) is 54.8 Å². The summed E-state index contributed by atoms with van der Waals surface area (Å²) in [5.41, 5.74) is 3.09. The molecule has 22 heavy (non-hydrogen) atoms. The summed E-state index contributed by atoms with van der Waals surface area (Å²) >= 11 is 0. The van der Waals surface area contributed by atoms with Gasteiger partial charge in [0.05, 0.1) is 12.7 Å². The fourth-order valence-corrected chi connectivity index (χ4v) is 3.57. The highest BCUT2D eigenvalue weighted by atomic mass is 16.5. The smallest absolute Gasteiger partial charge is 0.0593 e. The molecule has 0 amide bonds. The van der Waals surface area contributed by atoms with Crippen LogP contribution in [0.2, 0.25) is 0 Å². The maximum Gasteiger partial charge on any atom is 0.0593 e. The third-order valence-electron chi connectivity index (χ3n) is 5.03. The van der Waals surface area contributed by atoms with Gasteiger partial charge in [0, 0.05) is 38.4 Å². The lowest BCUT2D eigenvalue weighted by Gasteiger charge is -2.36. The Hall–Kier alpha value is -1.06. The number of nitrogens with zero attached hydrogens (tertiary/aromatic N) is 2. The lowest BCUT2D eigenvalue weighted by atomic mass is 9.90. The maximum atomic E-state index is 5.92. The van der Waals surface area contributed by atoms with Gasteiger partial charge in [0.25, 0.3) is 0 Å². The minimum atomic E-state index is 0.384. The van der Waals surface area contributed by atoms with E-state index in [1.165, 1.54) is 43.7 Å². The van der Waals surface area contributed by atoms with E-state index >= 15 is 0 Å². The molecule has 3 rings (SSSR count). The van der Waals surface area contributed by atoms with Crippen LogP contribution in [0.4, 0.5) is 5.69 Å². The molecule has 1 aromatic carbocycles. The molecule has 2 fully saturated rings. The first kappa shape index (κ1) is 15.8. The van der Waals surface area contributed by atoms with Crippen molar-refractivity contribution in [3.05, 3.63) is 29.8 Å². The Morgan fingerprint density at radius 2 is 1.77 bits per heavy atom. The van der Waals surface area contributed by atoms with Crippen molar-refractivity contribution in [2.75, 3.05) is 44.2 Å². The number of anilines is 1. The zero-order chi connectivity index (χ0) is 15.6. The van der Waals surface area contributed by atoms with Gasteiger partial charge in [-0.2, -0.15) is 0 Å². The second-order valence-corrected chi connectivity index (χ2v) is 7.75. The molecular weight excluding hydrogens is 272 g/mol. The molecule has 1 aromatic rings. The average Bonchev–Trinajstić information content (AvgIpc) is 2.86. The van der Waals surface area contributed by atoms with Crippen LogP contribution in [0, 0.1) is 12.3 Å². The molecule has 1 atom stereocenters. The number of hydrogen-bond acceptors (Lipinski definition) is 3. The predicted octanol–water partition coefficient (Wildman–Crippen LogP) is 3.32. The zero-order valence-corrected chi connectivity index (χ0v) is 14.3. The Labute approximate surface area is 135 Å². The highest BCUT2D eigenvalue weighted by Crippen LogP contribution is 2.32. The molecule has 3 nitrogen and oxygen atoms in total. The highest BCUT2D eigenvalue weighted by Gasteiger charge is 2.32. The minimum Gasteiger partial charge on any atom is -0.378 e. The van der Waals surface area contributed by atoms with E-state index in [0.29, 0.717) is 11.5 Å². The van der Waals surface area contributed by atoms with Crippen molar-refractivity contribution in [3.8, 4) is 0 Å². The van der Waals surface area contributed by atoms with Crippen LogP contribution in [-0.2, 0) is 4.74 Å². The Balaban J connectivity index is 1.41. The van der Waals surface area contributed by atoms with Crippen molar-refractivity contribution in [2.24, 2.45) is 5.41 Å². The number of rotatable bonds is 4. The third kappa shape index (κ3) is 4.02. The molecular formula is C19H30N2O. The Morgan fingerprint density at radius 1 is 1.09 bits per heavy atom. The molecule has 1 unspecified atom stereocenters. The molecule has 0 aromatic heterocycles. The van der Waals surface area contributed by atoms with Crippen LogP contribution in [-0.4, -0.2) is 50.3 Å². The second-order valence-electron chi connectivity index (χ2n) is 7.75. The molecule has 0 saturated carbocycles.